The summed E-state index contributed by atoms with van der Waals surface area (Å²) in [6, 6.07) is 14.8. The van der Waals surface area contributed by atoms with Gasteiger partial charge in [0.15, 0.2) is 19.7 Å². The highest BCUT2D eigenvalue weighted by molar-refractivity contribution is 7.94. The van der Waals surface area contributed by atoms with Crippen LogP contribution in [0.3, 0.4) is 0 Å². The Hall–Kier alpha value is -2.68. The monoisotopic (exact) mass is 489 g/mol. The molecule has 0 aliphatic heterocycles. The lowest BCUT2D eigenvalue weighted by molar-refractivity contribution is 0.103. The molecule has 9 heteroatoms. The van der Waals surface area contributed by atoms with Gasteiger partial charge < -0.3 is 4.40 Å². The number of fused-ring (bicyclic) bond motifs is 3. The summed E-state index contributed by atoms with van der Waals surface area (Å²) in [5.41, 5.74) is 0.200. The third kappa shape index (κ3) is 3.52. The summed E-state index contributed by atoms with van der Waals surface area (Å²) >= 11 is 5.94. The Labute approximate surface area is 191 Å². The van der Waals surface area contributed by atoms with Crippen LogP contribution in [0.15, 0.2) is 70.6 Å². The first-order chi connectivity index (χ1) is 15.1. The second-order valence-electron chi connectivity index (χ2n) is 7.27. The van der Waals surface area contributed by atoms with Gasteiger partial charge in [0.25, 0.3) is 0 Å². The number of nitrogens with zero attached hydrogens (tertiary/aromatic N) is 1. The first-order valence-electron chi connectivity index (χ1n) is 9.94. The lowest BCUT2D eigenvalue weighted by atomic mass is 10.1. The van der Waals surface area contributed by atoms with Crippen LogP contribution in [0.25, 0.3) is 16.3 Å². The molecule has 32 heavy (non-hydrogen) atoms. The zero-order chi connectivity index (χ0) is 23.3. The molecule has 0 atom stereocenters. The van der Waals surface area contributed by atoms with Gasteiger partial charge in [0.2, 0.25) is 5.78 Å². The highest BCUT2D eigenvalue weighted by Crippen LogP contribution is 2.38. The van der Waals surface area contributed by atoms with Crippen LogP contribution >= 0.6 is 11.6 Å². The van der Waals surface area contributed by atoms with Gasteiger partial charge in [-0.25, -0.2) is 16.8 Å². The largest absolute Gasteiger partial charge is 0.311 e. The van der Waals surface area contributed by atoms with Crippen molar-refractivity contribution in [2.45, 2.75) is 23.6 Å². The third-order valence-electron chi connectivity index (χ3n) is 5.44. The molecule has 0 saturated heterocycles. The van der Waals surface area contributed by atoms with Gasteiger partial charge in [0, 0.05) is 22.2 Å². The smallest absolute Gasteiger partial charge is 0.211 e. The van der Waals surface area contributed by atoms with Crippen molar-refractivity contribution in [3.63, 3.8) is 0 Å². The molecule has 0 spiro atoms. The zero-order valence-electron chi connectivity index (χ0n) is 17.4. The number of sulfone groups is 2. The Kier molecular flexibility index (Phi) is 5.65. The van der Waals surface area contributed by atoms with E-state index in [1.54, 1.807) is 36.5 Å². The van der Waals surface area contributed by atoms with Crippen molar-refractivity contribution in [2.24, 2.45) is 0 Å². The predicted octanol–water partition coefficient (Wildman–Crippen LogP) is 4.56. The molecular weight excluding hydrogens is 470 g/mol. The molecule has 0 amide bonds. The summed E-state index contributed by atoms with van der Waals surface area (Å²) in [5, 5.41) is 1.70. The first-order valence-corrected chi connectivity index (χ1v) is 13.6. The number of aromatic nitrogens is 1. The topological polar surface area (TPSA) is 89.8 Å². The fourth-order valence-electron chi connectivity index (χ4n) is 3.78. The maximum Gasteiger partial charge on any atom is 0.211 e. The van der Waals surface area contributed by atoms with Crippen LogP contribution in [0, 0.1) is 0 Å². The van der Waals surface area contributed by atoms with E-state index >= 15 is 0 Å². The molecule has 0 saturated carbocycles. The van der Waals surface area contributed by atoms with Crippen LogP contribution in [0.2, 0.25) is 5.02 Å². The summed E-state index contributed by atoms with van der Waals surface area (Å²) in [4.78, 5) is 12.8. The average molecular weight is 490 g/mol. The van der Waals surface area contributed by atoms with Crippen LogP contribution in [0.5, 0.6) is 0 Å². The maximum atomic E-state index is 13.6. The first kappa shape index (κ1) is 22.5. The summed E-state index contributed by atoms with van der Waals surface area (Å²) in [7, 11) is -8.11. The summed E-state index contributed by atoms with van der Waals surface area (Å²) in [6.45, 7) is 2.88. The standard InChI is InChI=1S/C23H20ClNO5S2/c1-3-31(27,28)22-19-18-8-6-5-7-15(18)13-14-25(19)20(23(22)32(29,30)4-2)21(26)16-9-11-17(24)12-10-16/h5-14H,3-4H2,1-2H3. The van der Waals surface area contributed by atoms with Crippen molar-refractivity contribution in [1.29, 1.82) is 0 Å². The zero-order valence-corrected chi connectivity index (χ0v) is 19.8. The van der Waals surface area contributed by atoms with E-state index in [9.17, 15) is 21.6 Å². The van der Waals surface area contributed by atoms with Crippen LogP contribution in [0.4, 0.5) is 0 Å². The van der Waals surface area contributed by atoms with Gasteiger partial charge >= 0.3 is 0 Å². The quantitative estimate of drug-likeness (QED) is 0.370. The summed E-state index contributed by atoms with van der Waals surface area (Å²) in [6.07, 6.45) is 1.55. The van der Waals surface area contributed by atoms with Crippen molar-refractivity contribution < 1.29 is 21.6 Å². The van der Waals surface area contributed by atoms with E-state index in [-0.39, 0.29) is 33.2 Å². The van der Waals surface area contributed by atoms with Gasteiger partial charge in [-0.1, -0.05) is 49.7 Å². The number of carbonyl (C=O) groups is 1. The second kappa shape index (κ2) is 8.03. The Morgan fingerprint density at radius 2 is 1.44 bits per heavy atom. The average Bonchev–Trinajstić information content (AvgIpc) is 3.16. The molecule has 2 heterocycles. The molecule has 4 rings (SSSR count). The molecule has 2 aromatic heterocycles. The lowest BCUT2D eigenvalue weighted by Crippen LogP contribution is -2.15. The van der Waals surface area contributed by atoms with Gasteiger partial charge in [-0.2, -0.15) is 0 Å². The lowest BCUT2D eigenvalue weighted by Gasteiger charge is -2.08. The van der Waals surface area contributed by atoms with Gasteiger partial charge in [-0.15, -0.1) is 0 Å². The Morgan fingerprint density at radius 1 is 0.844 bits per heavy atom. The Bertz CT molecular complexity index is 1590. The molecule has 0 radical (unpaired) electrons. The fourth-order valence-corrected chi connectivity index (χ4v) is 6.99. The van der Waals surface area contributed by atoms with Gasteiger partial charge in [-0.05, 0) is 35.7 Å². The van der Waals surface area contributed by atoms with E-state index < -0.39 is 30.4 Å². The number of hydrogen-bond acceptors (Lipinski definition) is 5. The minimum absolute atomic E-state index is 0.189. The van der Waals surface area contributed by atoms with Gasteiger partial charge in [-0.3, -0.25) is 4.79 Å². The molecule has 2 aromatic carbocycles. The molecule has 6 nitrogen and oxygen atoms in total. The molecule has 0 N–H and O–H groups in total. The molecule has 166 valence electrons. The Balaban J connectivity index is 2.28. The van der Waals surface area contributed by atoms with Crippen molar-refractivity contribution in [1.82, 2.24) is 4.40 Å². The number of carbonyl (C=O) groups excluding carboxylic acids is 1. The number of halogens is 1. The fraction of sp³-hybridized carbons (Fsp3) is 0.174. The highest BCUT2D eigenvalue weighted by Gasteiger charge is 2.37. The number of rotatable bonds is 6. The Morgan fingerprint density at radius 3 is 2.06 bits per heavy atom. The normalized spacial score (nSPS) is 12.5. The van der Waals surface area contributed by atoms with E-state index in [0.717, 1.165) is 5.39 Å². The second-order valence-corrected chi connectivity index (χ2v) is 12.1. The predicted molar refractivity (Wildman–Crippen MR) is 125 cm³/mol. The van der Waals surface area contributed by atoms with Crippen molar-refractivity contribution in [3.05, 3.63) is 77.1 Å². The van der Waals surface area contributed by atoms with E-state index in [0.29, 0.717) is 10.4 Å². The van der Waals surface area contributed by atoms with E-state index in [1.807, 2.05) is 0 Å². The summed E-state index contributed by atoms with van der Waals surface area (Å²) < 4.78 is 54.4. The molecule has 0 unspecified atom stereocenters. The van der Waals surface area contributed by atoms with E-state index in [4.69, 9.17) is 11.6 Å². The minimum atomic E-state index is -4.09. The van der Waals surface area contributed by atoms with Gasteiger partial charge in [0.05, 0.1) is 17.0 Å². The number of hydrogen-bond donors (Lipinski definition) is 0. The SMILES string of the molecule is CCS(=O)(=O)c1c(S(=O)(=O)CC)c2c3ccccc3ccn2c1C(=O)c1ccc(Cl)cc1. The minimum Gasteiger partial charge on any atom is -0.311 e. The molecule has 0 aliphatic carbocycles. The third-order valence-corrected chi connectivity index (χ3v) is 9.38. The maximum absolute atomic E-state index is 13.6. The van der Waals surface area contributed by atoms with E-state index in [1.165, 1.54) is 42.5 Å². The molecule has 4 aromatic rings. The van der Waals surface area contributed by atoms with Crippen molar-refractivity contribution in [3.8, 4) is 0 Å². The van der Waals surface area contributed by atoms with Crippen LogP contribution in [-0.4, -0.2) is 38.5 Å². The number of ketones is 1. The van der Waals surface area contributed by atoms with Crippen molar-refractivity contribution >= 4 is 53.3 Å². The highest BCUT2D eigenvalue weighted by atomic mass is 35.5. The molecule has 0 fully saturated rings. The van der Waals surface area contributed by atoms with Crippen LogP contribution in [-0.2, 0) is 19.7 Å². The molecule has 0 aliphatic rings. The van der Waals surface area contributed by atoms with Crippen LogP contribution in [0.1, 0.15) is 29.9 Å². The molecular formula is C23H20ClNO5S2. The van der Waals surface area contributed by atoms with Crippen LogP contribution < -0.4 is 0 Å². The summed E-state index contributed by atoms with van der Waals surface area (Å²) in [5.74, 6) is -1.26. The molecule has 0 bridgehead atoms. The van der Waals surface area contributed by atoms with Gasteiger partial charge in [0.1, 0.15) is 15.5 Å². The van der Waals surface area contributed by atoms with E-state index in [2.05, 4.69) is 0 Å². The number of pyridine rings is 1. The number of benzene rings is 2. The van der Waals surface area contributed by atoms with Crippen molar-refractivity contribution in [2.75, 3.05) is 11.5 Å².